The van der Waals surface area contributed by atoms with Gasteiger partial charge in [0.15, 0.2) is 10.6 Å². The van der Waals surface area contributed by atoms with Crippen LogP contribution in [0.3, 0.4) is 0 Å². The van der Waals surface area contributed by atoms with Crippen molar-refractivity contribution < 1.29 is 14.5 Å². The molecule has 156 valence electrons. The third-order valence-corrected chi connectivity index (χ3v) is 6.27. The molecule has 1 aromatic heterocycles. The number of hydrogen-bond acceptors (Lipinski definition) is 7. The molecule has 2 aliphatic heterocycles. The van der Waals surface area contributed by atoms with Crippen LogP contribution in [0, 0.1) is 14.9 Å². The van der Waals surface area contributed by atoms with Crippen LogP contribution in [0.1, 0.15) is 27.0 Å². The zero-order chi connectivity index (χ0) is 22.4. The second-order valence-electron chi connectivity index (χ2n) is 7.60. The molecule has 0 bridgehead atoms. The maximum absolute atomic E-state index is 13.6. The van der Waals surface area contributed by atoms with Crippen LogP contribution < -0.4 is 16.2 Å². The third-order valence-electron chi connectivity index (χ3n) is 6.07. The number of nitrogens with one attached hydrogen (secondary N) is 4. The van der Waals surface area contributed by atoms with Gasteiger partial charge >= 0.3 is 0 Å². The number of carbonyl (C=O) groups is 2. The highest BCUT2D eigenvalue weighted by Gasteiger charge is 2.61. The summed E-state index contributed by atoms with van der Waals surface area (Å²) in [5.41, 5.74) is -1.19. The Bertz CT molecular complexity index is 1600. The first kappa shape index (κ1) is 18.4. The number of H-pyrrole nitrogens is 2. The van der Waals surface area contributed by atoms with E-state index in [1.807, 2.05) is 0 Å². The predicted molar refractivity (Wildman–Crippen MR) is 116 cm³/mol. The summed E-state index contributed by atoms with van der Waals surface area (Å²) in [6, 6.07) is 10.7. The lowest BCUT2D eigenvalue weighted by Gasteiger charge is -2.34. The van der Waals surface area contributed by atoms with E-state index < -0.39 is 27.6 Å². The molecular formula is C21H11N5O5S. The van der Waals surface area contributed by atoms with Gasteiger partial charge in [0, 0.05) is 40.1 Å². The molecule has 11 heteroatoms. The van der Waals surface area contributed by atoms with Crippen molar-refractivity contribution in [1.29, 1.82) is 0 Å². The minimum Gasteiger partial charge on any atom is -0.340 e. The molecule has 32 heavy (non-hydrogen) atoms. The molecule has 6 rings (SSSR count). The van der Waals surface area contributed by atoms with Gasteiger partial charge in [0.05, 0.1) is 16.2 Å². The summed E-state index contributed by atoms with van der Waals surface area (Å²) in [4.78, 5) is 56.6. The summed E-state index contributed by atoms with van der Waals surface area (Å²) in [6.07, 6.45) is 0. The zero-order valence-corrected chi connectivity index (χ0v) is 16.8. The van der Waals surface area contributed by atoms with E-state index in [-0.39, 0.29) is 38.7 Å². The minimum atomic E-state index is -1.90. The number of nitro benzene ring substituents is 1. The topological polar surface area (TPSA) is 150 Å². The summed E-state index contributed by atoms with van der Waals surface area (Å²) >= 11 is 5.11. The lowest BCUT2D eigenvalue weighted by molar-refractivity contribution is -0.384. The number of nitro groups is 1. The molecule has 0 fully saturated rings. The maximum Gasteiger partial charge on any atom is 0.269 e. The predicted octanol–water partition coefficient (Wildman–Crippen LogP) is 2.61. The van der Waals surface area contributed by atoms with Crippen LogP contribution in [-0.4, -0.2) is 26.6 Å². The number of ketones is 1. The van der Waals surface area contributed by atoms with Crippen LogP contribution in [0.15, 0.2) is 52.8 Å². The Kier molecular flexibility index (Phi) is 3.37. The fourth-order valence-corrected chi connectivity index (χ4v) is 5.05. The molecule has 0 radical (unpaired) electrons. The fraction of sp³-hybridized carbons (Fsp3) is 0.0476. The van der Waals surface area contributed by atoms with E-state index in [4.69, 9.17) is 12.2 Å². The van der Waals surface area contributed by atoms with Gasteiger partial charge in [-0.3, -0.25) is 29.5 Å². The number of aromatic amines is 2. The third kappa shape index (κ3) is 2.02. The second-order valence-corrected chi connectivity index (χ2v) is 8.01. The molecule has 1 spiro atoms. The quantitative estimate of drug-likeness (QED) is 0.255. The van der Waals surface area contributed by atoms with E-state index in [1.54, 1.807) is 24.3 Å². The number of anilines is 2. The maximum atomic E-state index is 13.6. The van der Waals surface area contributed by atoms with Gasteiger partial charge in [-0.2, -0.15) is 0 Å². The molecule has 4 N–H and O–H groups in total. The number of nitrogens with zero attached hydrogens (tertiary/aromatic N) is 1. The van der Waals surface area contributed by atoms with Crippen LogP contribution in [-0.2, 0) is 10.2 Å². The summed E-state index contributed by atoms with van der Waals surface area (Å²) in [5, 5.41) is 17.3. The van der Waals surface area contributed by atoms with Crippen molar-refractivity contribution in [2.75, 3.05) is 10.6 Å². The van der Waals surface area contributed by atoms with Gasteiger partial charge in [-0.25, -0.2) is 0 Å². The molecule has 10 nitrogen and oxygen atoms in total. The smallest absolute Gasteiger partial charge is 0.269 e. The Morgan fingerprint density at radius 3 is 2.47 bits per heavy atom. The standard InChI is InChI=1S/C21H11N5O5S/c27-16-10-4-2-1-3-9(10)15-13(16)21(14-17(23-15)24-20(32)25-18(14)28)11-7-8(26(30)31)5-6-12(11)22-19(21)29/h1-7H,(H,22,29)(H3,23,24,25,28,32). The molecule has 0 saturated carbocycles. The number of Topliss-reactive ketones (excluding diaryl/α,β-unsaturated/α-hetero) is 1. The van der Waals surface area contributed by atoms with Crippen LogP contribution in [0.5, 0.6) is 0 Å². The fourth-order valence-electron chi connectivity index (χ4n) is 4.86. The van der Waals surface area contributed by atoms with E-state index in [1.165, 1.54) is 18.2 Å². The van der Waals surface area contributed by atoms with Crippen LogP contribution >= 0.6 is 12.2 Å². The van der Waals surface area contributed by atoms with Crippen molar-refractivity contribution >= 4 is 46.8 Å². The number of aromatic nitrogens is 2. The van der Waals surface area contributed by atoms with Gasteiger partial charge in [-0.15, -0.1) is 0 Å². The number of amides is 1. The van der Waals surface area contributed by atoms with E-state index in [2.05, 4.69) is 20.6 Å². The molecule has 0 saturated heterocycles. The van der Waals surface area contributed by atoms with Crippen LogP contribution in [0.2, 0.25) is 0 Å². The van der Waals surface area contributed by atoms with Gasteiger partial charge in [0.2, 0.25) is 5.91 Å². The molecule has 3 heterocycles. The van der Waals surface area contributed by atoms with E-state index >= 15 is 0 Å². The average molecular weight is 445 g/mol. The lowest BCUT2D eigenvalue weighted by atomic mass is 9.67. The van der Waals surface area contributed by atoms with Crippen molar-refractivity contribution in [3.05, 3.63) is 95.5 Å². The SMILES string of the molecule is O=C1C2=C(Nc3[nH]c(=S)[nH]c(=O)c3C23C(=O)Nc2ccc([N+](=O)[O-])cc23)c2ccccc21. The zero-order valence-electron chi connectivity index (χ0n) is 15.9. The van der Waals surface area contributed by atoms with E-state index in [9.17, 15) is 24.5 Å². The molecule has 3 aliphatic rings. The van der Waals surface area contributed by atoms with Crippen molar-refractivity contribution in [1.82, 2.24) is 9.97 Å². The first-order chi connectivity index (χ1) is 15.3. The van der Waals surface area contributed by atoms with E-state index in [0.717, 1.165) is 0 Å². The molecule has 1 atom stereocenters. The Morgan fingerprint density at radius 1 is 0.969 bits per heavy atom. The van der Waals surface area contributed by atoms with Gasteiger partial charge < -0.3 is 15.6 Å². The number of hydrogen-bond donors (Lipinski definition) is 4. The minimum absolute atomic E-state index is 0.0238. The normalized spacial score (nSPS) is 19.8. The van der Waals surface area contributed by atoms with Crippen LogP contribution in [0.4, 0.5) is 17.2 Å². The molecular weight excluding hydrogens is 434 g/mol. The summed E-state index contributed by atoms with van der Waals surface area (Å²) in [7, 11) is 0. The Hall–Kier alpha value is -4.38. The lowest BCUT2D eigenvalue weighted by Crippen LogP contribution is -2.47. The van der Waals surface area contributed by atoms with Crippen molar-refractivity contribution in [2.24, 2.45) is 0 Å². The molecule has 1 unspecified atom stereocenters. The van der Waals surface area contributed by atoms with Crippen molar-refractivity contribution in [3.63, 3.8) is 0 Å². The Labute approximate surface area is 183 Å². The number of rotatable bonds is 1. The van der Waals surface area contributed by atoms with E-state index in [0.29, 0.717) is 16.8 Å². The largest absolute Gasteiger partial charge is 0.340 e. The van der Waals surface area contributed by atoms with Gasteiger partial charge in [0.1, 0.15) is 11.2 Å². The van der Waals surface area contributed by atoms with Gasteiger partial charge in [-0.1, -0.05) is 24.3 Å². The summed E-state index contributed by atoms with van der Waals surface area (Å²) in [5.74, 6) is -0.943. The number of carbonyl (C=O) groups excluding carboxylic acids is 2. The molecule has 2 aromatic carbocycles. The molecule has 1 aliphatic carbocycles. The van der Waals surface area contributed by atoms with Crippen molar-refractivity contribution in [3.8, 4) is 0 Å². The second kappa shape index (κ2) is 5.86. The monoisotopic (exact) mass is 445 g/mol. The number of non-ortho nitro benzene ring substituents is 1. The first-order valence-electron chi connectivity index (χ1n) is 9.47. The van der Waals surface area contributed by atoms with Gasteiger partial charge in [0.25, 0.3) is 11.2 Å². The van der Waals surface area contributed by atoms with Crippen molar-refractivity contribution in [2.45, 2.75) is 5.41 Å². The number of fused-ring (bicyclic) bond motifs is 7. The number of benzene rings is 2. The first-order valence-corrected chi connectivity index (χ1v) is 9.88. The Balaban J connectivity index is 1.81. The Morgan fingerprint density at radius 2 is 1.72 bits per heavy atom. The average Bonchev–Trinajstić information content (AvgIpc) is 3.20. The molecule has 1 amide bonds. The van der Waals surface area contributed by atoms with Gasteiger partial charge in [-0.05, 0) is 18.3 Å². The highest BCUT2D eigenvalue weighted by molar-refractivity contribution is 7.71. The summed E-state index contributed by atoms with van der Waals surface area (Å²) in [6.45, 7) is 0. The molecule has 3 aromatic rings. The van der Waals surface area contributed by atoms with Crippen LogP contribution in [0.25, 0.3) is 5.70 Å². The summed E-state index contributed by atoms with van der Waals surface area (Å²) < 4.78 is 0.0238. The highest BCUT2D eigenvalue weighted by Crippen LogP contribution is 2.56. The highest BCUT2D eigenvalue weighted by atomic mass is 32.1.